The van der Waals surface area contributed by atoms with Gasteiger partial charge in [-0.15, -0.1) is 0 Å². The Labute approximate surface area is 177 Å². The predicted octanol–water partition coefficient (Wildman–Crippen LogP) is 1.98. The number of nitrogens with zero attached hydrogens (tertiary/aromatic N) is 2. The van der Waals surface area contributed by atoms with E-state index >= 15 is 0 Å². The van der Waals surface area contributed by atoms with Crippen molar-refractivity contribution in [2.24, 2.45) is 0 Å². The van der Waals surface area contributed by atoms with E-state index in [1.807, 2.05) is 71.3 Å². The van der Waals surface area contributed by atoms with E-state index in [4.69, 9.17) is 4.74 Å². The van der Waals surface area contributed by atoms with E-state index < -0.39 is 0 Å². The zero-order valence-corrected chi connectivity index (χ0v) is 17.2. The van der Waals surface area contributed by atoms with Crippen LogP contribution in [0.25, 0.3) is 0 Å². The molecule has 0 aliphatic carbocycles. The van der Waals surface area contributed by atoms with Gasteiger partial charge >= 0.3 is 0 Å². The van der Waals surface area contributed by atoms with Crippen LogP contribution in [0.1, 0.15) is 35.3 Å². The summed E-state index contributed by atoms with van der Waals surface area (Å²) in [5, 5.41) is 0. The van der Waals surface area contributed by atoms with E-state index in [9.17, 15) is 9.59 Å². The summed E-state index contributed by atoms with van der Waals surface area (Å²) in [4.78, 5) is 29.2. The van der Waals surface area contributed by atoms with E-state index in [-0.39, 0.29) is 23.9 Å². The number of hydrazine groups is 1. The highest BCUT2D eigenvalue weighted by Crippen LogP contribution is 2.25. The minimum atomic E-state index is -0.266. The van der Waals surface area contributed by atoms with Crippen LogP contribution in [0.15, 0.2) is 54.6 Å². The summed E-state index contributed by atoms with van der Waals surface area (Å²) in [5.41, 5.74) is 8.21. The van der Waals surface area contributed by atoms with Gasteiger partial charge in [0.2, 0.25) is 5.91 Å². The second kappa shape index (κ2) is 9.28. The van der Waals surface area contributed by atoms with Gasteiger partial charge in [0.25, 0.3) is 5.91 Å². The van der Waals surface area contributed by atoms with Crippen LogP contribution in [-0.2, 0) is 4.79 Å². The van der Waals surface area contributed by atoms with Gasteiger partial charge in [0.15, 0.2) is 0 Å². The van der Waals surface area contributed by atoms with Gasteiger partial charge in [-0.1, -0.05) is 30.3 Å². The molecule has 0 aromatic heterocycles. The van der Waals surface area contributed by atoms with Crippen LogP contribution in [0.4, 0.5) is 0 Å². The lowest BCUT2D eigenvalue weighted by molar-refractivity contribution is -0.134. The first kappa shape index (κ1) is 20.4. The summed E-state index contributed by atoms with van der Waals surface area (Å²) in [5.74, 6) is 0.962. The average molecular weight is 409 g/mol. The van der Waals surface area contributed by atoms with Crippen LogP contribution in [0.5, 0.6) is 5.75 Å². The van der Waals surface area contributed by atoms with Gasteiger partial charge < -0.3 is 14.5 Å². The zero-order chi connectivity index (χ0) is 20.9. The molecular weight excluding hydrogens is 380 g/mol. The molecule has 2 aliphatic heterocycles. The summed E-state index contributed by atoms with van der Waals surface area (Å²) in [6, 6.07) is 17.1. The first-order valence-electron chi connectivity index (χ1n) is 10.5. The SMILES string of the molecule is CCOc1ccc(C2CC(C(=O)N3CCN(C(=O)c4ccccc4)CC3)NN2)cc1. The van der Waals surface area contributed by atoms with Gasteiger partial charge in [-0.05, 0) is 43.2 Å². The summed E-state index contributed by atoms with van der Waals surface area (Å²) >= 11 is 0. The molecule has 158 valence electrons. The Morgan fingerprint density at radius 2 is 1.60 bits per heavy atom. The highest BCUT2D eigenvalue weighted by molar-refractivity contribution is 5.94. The molecule has 0 saturated carbocycles. The molecule has 2 amide bonds. The quantitative estimate of drug-likeness (QED) is 0.792. The second-order valence-corrected chi connectivity index (χ2v) is 7.62. The van der Waals surface area contributed by atoms with Crippen molar-refractivity contribution < 1.29 is 14.3 Å². The van der Waals surface area contributed by atoms with Crippen molar-refractivity contribution in [3.63, 3.8) is 0 Å². The van der Waals surface area contributed by atoms with E-state index in [0.717, 1.165) is 11.3 Å². The van der Waals surface area contributed by atoms with Gasteiger partial charge in [-0.25, -0.2) is 10.9 Å². The average Bonchev–Trinajstić information content (AvgIpc) is 3.30. The number of carbonyl (C=O) groups is 2. The van der Waals surface area contributed by atoms with Crippen LogP contribution in [0, 0.1) is 0 Å². The zero-order valence-electron chi connectivity index (χ0n) is 17.2. The van der Waals surface area contributed by atoms with Crippen molar-refractivity contribution in [3.8, 4) is 5.75 Å². The molecule has 7 nitrogen and oxygen atoms in total. The van der Waals surface area contributed by atoms with Gasteiger partial charge in [0.05, 0.1) is 6.61 Å². The molecule has 2 aromatic carbocycles. The summed E-state index contributed by atoms with van der Waals surface area (Å²) in [7, 11) is 0. The van der Waals surface area contributed by atoms with Crippen molar-refractivity contribution in [2.45, 2.75) is 25.4 Å². The minimum Gasteiger partial charge on any atom is -0.494 e. The molecule has 2 aliphatic rings. The molecule has 2 unspecified atom stereocenters. The number of carbonyl (C=O) groups excluding carboxylic acids is 2. The largest absolute Gasteiger partial charge is 0.494 e. The molecule has 2 fully saturated rings. The molecule has 7 heteroatoms. The number of hydrogen-bond donors (Lipinski definition) is 2. The number of hydrogen-bond acceptors (Lipinski definition) is 5. The highest BCUT2D eigenvalue weighted by Gasteiger charge is 2.34. The van der Waals surface area contributed by atoms with Gasteiger partial charge in [-0.2, -0.15) is 0 Å². The van der Waals surface area contributed by atoms with Crippen molar-refractivity contribution in [1.82, 2.24) is 20.7 Å². The minimum absolute atomic E-state index is 0.0268. The van der Waals surface area contributed by atoms with E-state index in [0.29, 0.717) is 44.8 Å². The van der Waals surface area contributed by atoms with Crippen molar-refractivity contribution in [2.75, 3.05) is 32.8 Å². The fourth-order valence-corrected chi connectivity index (χ4v) is 4.01. The smallest absolute Gasteiger partial charge is 0.253 e. The Morgan fingerprint density at radius 3 is 2.27 bits per heavy atom. The lowest BCUT2D eigenvalue weighted by Gasteiger charge is -2.36. The summed E-state index contributed by atoms with van der Waals surface area (Å²) in [6.07, 6.45) is 0.690. The van der Waals surface area contributed by atoms with Crippen molar-refractivity contribution in [3.05, 3.63) is 65.7 Å². The Morgan fingerprint density at radius 1 is 0.933 bits per heavy atom. The van der Waals surface area contributed by atoms with Gasteiger partial charge in [0.1, 0.15) is 11.8 Å². The molecule has 2 aromatic rings. The molecule has 0 radical (unpaired) electrons. The number of piperazine rings is 1. The highest BCUT2D eigenvalue weighted by atomic mass is 16.5. The fraction of sp³-hybridized carbons (Fsp3) is 0.391. The first-order chi connectivity index (χ1) is 14.7. The first-order valence-corrected chi connectivity index (χ1v) is 10.5. The molecule has 2 atom stereocenters. The maximum absolute atomic E-state index is 13.0. The van der Waals surface area contributed by atoms with Crippen molar-refractivity contribution in [1.29, 1.82) is 0 Å². The lowest BCUT2D eigenvalue weighted by Crippen LogP contribution is -2.54. The summed E-state index contributed by atoms with van der Waals surface area (Å²) < 4.78 is 5.49. The van der Waals surface area contributed by atoms with Crippen LogP contribution < -0.4 is 15.6 Å². The topological polar surface area (TPSA) is 73.9 Å². The normalized spacial score (nSPS) is 21.5. The Bertz CT molecular complexity index is 864. The van der Waals surface area contributed by atoms with Crippen LogP contribution in [-0.4, -0.2) is 60.4 Å². The number of rotatable bonds is 5. The number of nitrogens with one attached hydrogen (secondary N) is 2. The number of amides is 2. The molecule has 0 bridgehead atoms. The molecule has 2 heterocycles. The standard InChI is InChI=1S/C23H28N4O3/c1-2-30-19-10-8-17(9-11-19)20-16-21(25-24-20)23(29)27-14-12-26(13-15-27)22(28)18-6-4-3-5-7-18/h3-11,20-21,24-25H,2,12-16H2,1H3. The van der Waals surface area contributed by atoms with Crippen LogP contribution in [0.3, 0.4) is 0 Å². The number of benzene rings is 2. The molecule has 30 heavy (non-hydrogen) atoms. The van der Waals surface area contributed by atoms with E-state index in [2.05, 4.69) is 10.9 Å². The Kier molecular flexibility index (Phi) is 6.30. The predicted molar refractivity (Wildman–Crippen MR) is 114 cm³/mol. The number of ether oxygens (including phenoxy) is 1. The van der Waals surface area contributed by atoms with Crippen LogP contribution >= 0.6 is 0 Å². The molecule has 2 saturated heterocycles. The maximum Gasteiger partial charge on any atom is 0.253 e. The van der Waals surface area contributed by atoms with Crippen LogP contribution in [0.2, 0.25) is 0 Å². The van der Waals surface area contributed by atoms with Gasteiger partial charge in [0, 0.05) is 37.8 Å². The Hall–Kier alpha value is -2.90. The fourth-order valence-electron chi connectivity index (χ4n) is 4.01. The third-order valence-electron chi connectivity index (χ3n) is 5.69. The monoisotopic (exact) mass is 408 g/mol. The molecule has 4 rings (SSSR count). The van der Waals surface area contributed by atoms with E-state index in [1.165, 1.54) is 0 Å². The molecule has 2 N–H and O–H groups in total. The third kappa shape index (κ3) is 4.47. The lowest BCUT2D eigenvalue weighted by atomic mass is 10.0. The van der Waals surface area contributed by atoms with Gasteiger partial charge in [-0.3, -0.25) is 9.59 Å². The maximum atomic E-state index is 13.0. The van der Waals surface area contributed by atoms with Crippen molar-refractivity contribution >= 4 is 11.8 Å². The second-order valence-electron chi connectivity index (χ2n) is 7.62. The van der Waals surface area contributed by atoms with E-state index in [1.54, 1.807) is 0 Å². The Balaban J connectivity index is 1.29. The molecular formula is C23H28N4O3. The summed E-state index contributed by atoms with van der Waals surface area (Å²) in [6.45, 7) is 4.84. The molecule has 0 spiro atoms. The third-order valence-corrected chi connectivity index (χ3v) is 5.69.